The van der Waals surface area contributed by atoms with Crippen molar-refractivity contribution in [2.24, 2.45) is 0 Å². The standard InChI is InChI=1S/C25H22ClN5O4/c1-34-20-14-21(35-2)19(13-18(20)26)29-24-23(31(32)33)25(28-15-27-24)30-22(16-9-5-3-6-10-16)17-11-7-4-8-12-17/h3-15,22H,1-2H3,(H2,27,28,29,30). The lowest BCUT2D eigenvalue weighted by atomic mass is 9.99. The van der Waals surface area contributed by atoms with Gasteiger partial charge < -0.3 is 20.1 Å². The van der Waals surface area contributed by atoms with Gasteiger partial charge in [-0.05, 0) is 17.2 Å². The second-order valence-corrected chi connectivity index (χ2v) is 7.79. The summed E-state index contributed by atoms with van der Waals surface area (Å²) < 4.78 is 10.6. The van der Waals surface area contributed by atoms with E-state index in [2.05, 4.69) is 20.6 Å². The molecular weight excluding hydrogens is 470 g/mol. The molecule has 0 radical (unpaired) electrons. The fourth-order valence-corrected chi connectivity index (χ4v) is 3.86. The summed E-state index contributed by atoms with van der Waals surface area (Å²) in [7, 11) is 2.95. The zero-order valence-electron chi connectivity index (χ0n) is 18.9. The Bertz CT molecular complexity index is 1280. The smallest absolute Gasteiger partial charge is 0.353 e. The lowest BCUT2D eigenvalue weighted by Gasteiger charge is -2.21. The fourth-order valence-electron chi connectivity index (χ4n) is 3.62. The molecule has 178 valence electrons. The van der Waals surface area contributed by atoms with Gasteiger partial charge in [0, 0.05) is 6.07 Å². The summed E-state index contributed by atoms with van der Waals surface area (Å²) in [6.07, 6.45) is 1.25. The first-order chi connectivity index (χ1) is 17.0. The molecule has 0 unspecified atom stereocenters. The third kappa shape index (κ3) is 5.25. The maximum absolute atomic E-state index is 12.2. The minimum atomic E-state index is -0.532. The lowest BCUT2D eigenvalue weighted by Crippen LogP contribution is -2.15. The van der Waals surface area contributed by atoms with Crippen LogP contribution in [0.1, 0.15) is 17.2 Å². The van der Waals surface area contributed by atoms with E-state index < -0.39 is 4.92 Å². The van der Waals surface area contributed by atoms with Gasteiger partial charge in [0.25, 0.3) is 0 Å². The van der Waals surface area contributed by atoms with Crippen LogP contribution in [0.25, 0.3) is 0 Å². The molecule has 0 fully saturated rings. The van der Waals surface area contributed by atoms with Crippen LogP contribution in [-0.2, 0) is 0 Å². The molecule has 0 saturated carbocycles. The van der Waals surface area contributed by atoms with Crippen LogP contribution in [0, 0.1) is 10.1 Å². The van der Waals surface area contributed by atoms with Gasteiger partial charge in [-0.2, -0.15) is 0 Å². The predicted octanol–water partition coefficient (Wildman–Crippen LogP) is 6.00. The van der Waals surface area contributed by atoms with Gasteiger partial charge in [0.2, 0.25) is 11.6 Å². The number of rotatable bonds is 9. The van der Waals surface area contributed by atoms with Crippen molar-refractivity contribution in [3.63, 3.8) is 0 Å². The molecule has 0 spiro atoms. The SMILES string of the molecule is COc1cc(OC)c(Nc2ncnc(NC(c3ccccc3)c3ccccc3)c2[N+](=O)[O-])cc1Cl. The van der Waals surface area contributed by atoms with Crippen molar-refractivity contribution in [1.82, 2.24) is 9.97 Å². The van der Waals surface area contributed by atoms with Crippen LogP contribution in [0.5, 0.6) is 11.5 Å². The van der Waals surface area contributed by atoms with Crippen LogP contribution in [0.3, 0.4) is 0 Å². The van der Waals surface area contributed by atoms with Crippen LogP contribution in [0.15, 0.2) is 79.1 Å². The number of nitrogens with one attached hydrogen (secondary N) is 2. The number of methoxy groups -OCH3 is 2. The van der Waals surface area contributed by atoms with Crippen molar-refractivity contribution >= 4 is 34.6 Å². The number of anilines is 3. The van der Waals surface area contributed by atoms with E-state index in [1.807, 2.05) is 60.7 Å². The minimum Gasteiger partial charge on any atom is -0.495 e. The van der Waals surface area contributed by atoms with Crippen LogP contribution < -0.4 is 20.1 Å². The molecule has 2 N–H and O–H groups in total. The molecular formula is C25H22ClN5O4. The molecule has 3 aromatic carbocycles. The van der Waals surface area contributed by atoms with Crippen molar-refractivity contribution in [2.45, 2.75) is 6.04 Å². The first-order valence-corrected chi connectivity index (χ1v) is 10.9. The second-order valence-electron chi connectivity index (χ2n) is 7.39. The molecule has 0 aliphatic heterocycles. The summed E-state index contributed by atoms with van der Waals surface area (Å²) in [5, 5.41) is 18.7. The topological polar surface area (TPSA) is 111 Å². The third-order valence-corrected chi connectivity index (χ3v) is 5.57. The Labute approximate surface area is 206 Å². The van der Waals surface area contributed by atoms with Crippen molar-refractivity contribution in [3.05, 3.63) is 105 Å². The predicted molar refractivity (Wildman–Crippen MR) is 135 cm³/mol. The molecule has 1 heterocycles. The van der Waals surface area contributed by atoms with Crippen LogP contribution in [-0.4, -0.2) is 29.1 Å². The van der Waals surface area contributed by atoms with E-state index in [1.54, 1.807) is 12.1 Å². The van der Waals surface area contributed by atoms with Gasteiger partial charge >= 0.3 is 5.69 Å². The molecule has 0 saturated heterocycles. The van der Waals surface area contributed by atoms with E-state index in [-0.39, 0.29) is 23.4 Å². The highest BCUT2D eigenvalue weighted by atomic mass is 35.5. The highest BCUT2D eigenvalue weighted by Gasteiger charge is 2.27. The summed E-state index contributed by atoms with van der Waals surface area (Å²) in [6, 6.07) is 22.0. The Hall–Kier alpha value is -4.37. The average molecular weight is 492 g/mol. The number of aromatic nitrogens is 2. The number of nitro groups is 1. The zero-order chi connectivity index (χ0) is 24.8. The van der Waals surface area contributed by atoms with Gasteiger partial charge in [-0.3, -0.25) is 10.1 Å². The molecule has 4 aromatic rings. The van der Waals surface area contributed by atoms with Crippen LogP contribution >= 0.6 is 11.6 Å². The molecule has 0 amide bonds. The molecule has 4 rings (SSSR count). The van der Waals surface area contributed by atoms with Gasteiger partial charge in [-0.15, -0.1) is 0 Å². The lowest BCUT2D eigenvalue weighted by molar-refractivity contribution is -0.383. The first kappa shape index (κ1) is 23.8. The molecule has 9 nitrogen and oxygen atoms in total. The quantitative estimate of drug-likeness (QED) is 0.216. The molecule has 10 heteroatoms. The zero-order valence-corrected chi connectivity index (χ0v) is 19.7. The van der Waals surface area contributed by atoms with Crippen LogP contribution in [0.4, 0.5) is 23.0 Å². The number of hydrogen-bond donors (Lipinski definition) is 2. The molecule has 0 atom stereocenters. The van der Waals surface area contributed by atoms with Crippen LogP contribution in [0.2, 0.25) is 5.02 Å². The second kappa shape index (κ2) is 10.7. The minimum absolute atomic E-state index is 0.0214. The van der Waals surface area contributed by atoms with Crippen molar-refractivity contribution in [2.75, 3.05) is 24.9 Å². The van der Waals surface area contributed by atoms with Crippen molar-refractivity contribution in [1.29, 1.82) is 0 Å². The van der Waals surface area contributed by atoms with E-state index in [1.165, 1.54) is 20.5 Å². The third-order valence-electron chi connectivity index (χ3n) is 5.28. The first-order valence-electron chi connectivity index (χ1n) is 10.6. The summed E-state index contributed by atoms with van der Waals surface area (Å²) in [5.41, 5.74) is 1.90. The number of hydrogen-bond acceptors (Lipinski definition) is 8. The largest absolute Gasteiger partial charge is 0.495 e. The Balaban J connectivity index is 1.76. The molecule has 35 heavy (non-hydrogen) atoms. The highest BCUT2D eigenvalue weighted by Crippen LogP contribution is 2.40. The average Bonchev–Trinajstić information content (AvgIpc) is 2.88. The van der Waals surface area contributed by atoms with Gasteiger partial charge in [0.05, 0.1) is 35.9 Å². The number of ether oxygens (including phenoxy) is 2. The van der Waals surface area contributed by atoms with E-state index in [4.69, 9.17) is 21.1 Å². The molecule has 0 aliphatic carbocycles. The van der Waals surface area contributed by atoms with Gasteiger partial charge in [0.15, 0.2) is 0 Å². The normalized spacial score (nSPS) is 10.6. The van der Waals surface area contributed by atoms with E-state index in [0.29, 0.717) is 22.2 Å². The Morgan fingerprint density at radius 3 is 2.00 bits per heavy atom. The van der Waals surface area contributed by atoms with E-state index in [0.717, 1.165) is 11.1 Å². The summed E-state index contributed by atoms with van der Waals surface area (Å²) in [5.74, 6) is 0.818. The summed E-state index contributed by atoms with van der Waals surface area (Å²) in [6.45, 7) is 0. The van der Waals surface area contributed by atoms with E-state index >= 15 is 0 Å². The maximum Gasteiger partial charge on any atom is 0.353 e. The van der Waals surface area contributed by atoms with Gasteiger partial charge in [0.1, 0.15) is 17.8 Å². The highest BCUT2D eigenvalue weighted by molar-refractivity contribution is 6.32. The molecule has 1 aromatic heterocycles. The van der Waals surface area contributed by atoms with Crippen molar-refractivity contribution < 1.29 is 14.4 Å². The maximum atomic E-state index is 12.2. The summed E-state index contributed by atoms with van der Waals surface area (Å²) in [4.78, 5) is 20.0. The molecule has 0 bridgehead atoms. The summed E-state index contributed by atoms with van der Waals surface area (Å²) >= 11 is 6.26. The number of benzene rings is 3. The fraction of sp³-hybridized carbons (Fsp3) is 0.120. The number of nitrogens with zero attached hydrogens (tertiary/aromatic N) is 3. The Morgan fingerprint density at radius 2 is 1.46 bits per heavy atom. The molecule has 0 aliphatic rings. The van der Waals surface area contributed by atoms with Gasteiger partial charge in [-0.25, -0.2) is 9.97 Å². The Morgan fingerprint density at radius 1 is 0.886 bits per heavy atom. The van der Waals surface area contributed by atoms with Gasteiger partial charge in [-0.1, -0.05) is 72.3 Å². The van der Waals surface area contributed by atoms with E-state index in [9.17, 15) is 10.1 Å². The van der Waals surface area contributed by atoms with Crippen molar-refractivity contribution in [3.8, 4) is 11.5 Å². The number of halogens is 1. The Kier molecular flexibility index (Phi) is 7.27. The monoisotopic (exact) mass is 491 g/mol.